The quantitative estimate of drug-likeness (QED) is 0.465. The zero-order valence-electron chi connectivity index (χ0n) is 8.43. The monoisotopic (exact) mass is 196 g/mol. The van der Waals surface area contributed by atoms with Crippen molar-refractivity contribution in [1.82, 2.24) is 10.6 Å². The molecule has 4 heteroatoms. The molecule has 0 atom stereocenters. The summed E-state index contributed by atoms with van der Waals surface area (Å²) >= 11 is 0. The largest absolute Gasteiger partial charge is 0.355 e. The average Bonchev–Trinajstić information content (AvgIpc) is 2.13. The van der Waals surface area contributed by atoms with Crippen LogP contribution in [0.5, 0.6) is 0 Å². The Balaban J connectivity index is 3.28. The minimum Gasteiger partial charge on any atom is -0.355 e. The number of nitrogens with one attached hydrogen (secondary N) is 2. The van der Waals surface area contributed by atoms with Crippen LogP contribution in [0.1, 0.15) is 26.2 Å². The lowest BCUT2D eigenvalue weighted by atomic mass is 10.2. The van der Waals surface area contributed by atoms with Crippen LogP contribution in [0.4, 0.5) is 0 Å². The predicted molar refractivity (Wildman–Crippen MR) is 54.4 cm³/mol. The Morgan fingerprint density at radius 1 is 1.29 bits per heavy atom. The Morgan fingerprint density at radius 3 is 2.50 bits per heavy atom. The maximum absolute atomic E-state index is 11.1. The van der Waals surface area contributed by atoms with Gasteiger partial charge in [0.05, 0.1) is 0 Å². The van der Waals surface area contributed by atoms with E-state index in [2.05, 4.69) is 16.6 Å². The van der Waals surface area contributed by atoms with Gasteiger partial charge < -0.3 is 10.6 Å². The normalized spacial score (nSPS) is 8.86. The van der Waals surface area contributed by atoms with Gasteiger partial charge in [-0.2, -0.15) is 0 Å². The SMILES string of the molecule is C#CCCCC(=O)NCCNC(C)=O. The lowest BCUT2D eigenvalue weighted by Crippen LogP contribution is -2.33. The van der Waals surface area contributed by atoms with E-state index < -0.39 is 0 Å². The molecule has 4 nitrogen and oxygen atoms in total. The van der Waals surface area contributed by atoms with Crippen molar-refractivity contribution >= 4 is 11.8 Å². The van der Waals surface area contributed by atoms with Crippen LogP contribution in [-0.4, -0.2) is 24.9 Å². The molecule has 2 amide bonds. The topological polar surface area (TPSA) is 58.2 Å². The highest BCUT2D eigenvalue weighted by Crippen LogP contribution is 1.92. The first-order valence-electron chi connectivity index (χ1n) is 4.61. The van der Waals surface area contributed by atoms with E-state index in [1.165, 1.54) is 6.92 Å². The van der Waals surface area contributed by atoms with E-state index >= 15 is 0 Å². The molecule has 14 heavy (non-hydrogen) atoms. The molecule has 0 aromatic rings. The van der Waals surface area contributed by atoms with Gasteiger partial charge in [-0.15, -0.1) is 12.3 Å². The van der Waals surface area contributed by atoms with Crippen LogP contribution in [0.25, 0.3) is 0 Å². The number of unbranched alkanes of at least 4 members (excludes halogenated alkanes) is 1. The number of amides is 2. The molecule has 0 rings (SSSR count). The zero-order chi connectivity index (χ0) is 10.8. The van der Waals surface area contributed by atoms with E-state index in [0.717, 1.165) is 0 Å². The van der Waals surface area contributed by atoms with Crippen LogP contribution >= 0.6 is 0 Å². The smallest absolute Gasteiger partial charge is 0.220 e. The first kappa shape index (κ1) is 12.5. The number of terminal acetylenes is 1. The molecule has 0 bridgehead atoms. The second kappa shape index (κ2) is 8.11. The van der Waals surface area contributed by atoms with E-state index in [1.54, 1.807) is 0 Å². The van der Waals surface area contributed by atoms with Crippen molar-refractivity contribution < 1.29 is 9.59 Å². The Labute approximate surface area is 84.4 Å². The highest BCUT2D eigenvalue weighted by molar-refractivity contribution is 5.76. The molecular weight excluding hydrogens is 180 g/mol. The van der Waals surface area contributed by atoms with E-state index in [4.69, 9.17) is 6.42 Å². The summed E-state index contributed by atoms with van der Waals surface area (Å²) in [7, 11) is 0. The molecule has 0 aromatic heterocycles. The van der Waals surface area contributed by atoms with Crippen LogP contribution in [0.2, 0.25) is 0 Å². The van der Waals surface area contributed by atoms with Gasteiger partial charge in [0.15, 0.2) is 0 Å². The summed E-state index contributed by atoms with van der Waals surface area (Å²) < 4.78 is 0. The molecule has 0 saturated carbocycles. The molecular formula is C10H16N2O2. The molecule has 0 spiro atoms. The van der Waals surface area contributed by atoms with Gasteiger partial charge >= 0.3 is 0 Å². The van der Waals surface area contributed by atoms with Crippen molar-refractivity contribution in [1.29, 1.82) is 0 Å². The molecule has 78 valence electrons. The van der Waals surface area contributed by atoms with Gasteiger partial charge in [-0.1, -0.05) is 0 Å². The maximum atomic E-state index is 11.1. The molecule has 0 fully saturated rings. The molecule has 0 heterocycles. The van der Waals surface area contributed by atoms with Crippen molar-refractivity contribution in [2.75, 3.05) is 13.1 Å². The lowest BCUT2D eigenvalue weighted by Gasteiger charge is -2.04. The number of hydrogen-bond acceptors (Lipinski definition) is 2. The molecule has 0 unspecified atom stereocenters. The number of hydrogen-bond donors (Lipinski definition) is 2. The Hall–Kier alpha value is -1.50. The highest BCUT2D eigenvalue weighted by atomic mass is 16.2. The Kier molecular flexibility index (Phi) is 7.24. The van der Waals surface area contributed by atoms with Crippen molar-refractivity contribution in [2.24, 2.45) is 0 Å². The third-order valence-corrected chi connectivity index (χ3v) is 1.55. The molecule has 0 radical (unpaired) electrons. The maximum Gasteiger partial charge on any atom is 0.220 e. The van der Waals surface area contributed by atoms with Crippen molar-refractivity contribution in [2.45, 2.75) is 26.2 Å². The highest BCUT2D eigenvalue weighted by Gasteiger charge is 1.98. The summed E-state index contributed by atoms with van der Waals surface area (Å²) in [5.74, 6) is 2.35. The first-order valence-corrected chi connectivity index (χ1v) is 4.61. The fourth-order valence-corrected chi connectivity index (χ4v) is 0.880. The fraction of sp³-hybridized carbons (Fsp3) is 0.600. The summed E-state index contributed by atoms with van der Waals surface area (Å²) in [6, 6.07) is 0. The molecule has 0 aliphatic rings. The lowest BCUT2D eigenvalue weighted by molar-refractivity contribution is -0.122. The van der Waals surface area contributed by atoms with Crippen LogP contribution < -0.4 is 10.6 Å². The number of carbonyl (C=O) groups excluding carboxylic acids is 2. The summed E-state index contributed by atoms with van der Waals surface area (Å²) in [5, 5.41) is 5.26. The van der Waals surface area contributed by atoms with Gasteiger partial charge in [-0.05, 0) is 6.42 Å². The van der Waals surface area contributed by atoms with E-state index in [-0.39, 0.29) is 11.8 Å². The van der Waals surface area contributed by atoms with E-state index in [9.17, 15) is 9.59 Å². The first-order chi connectivity index (χ1) is 6.66. The fourth-order valence-electron chi connectivity index (χ4n) is 0.880. The standard InChI is InChI=1S/C10H16N2O2/c1-3-4-5-6-10(14)12-8-7-11-9(2)13/h1H,4-8H2,2H3,(H,11,13)(H,12,14). The summed E-state index contributed by atoms with van der Waals surface area (Å²) in [5.41, 5.74) is 0. The molecule has 0 saturated heterocycles. The van der Waals surface area contributed by atoms with Crippen LogP contribution in [-0.2, 0) is 9.59 Å². The van der Waals surface area contributed by atoms with Crippen LogP contribution in [0.3, 0.4) is 0 Å². The van der Waals surface area contributed by atoms with Crippen LogP contribution in [0.15, 0.2) is 0 Å². The molecule has 0 aliphatic carbocycles. The van der Waals surface area contributed by atoms with E-state index in [0.29, 0.717) is 32.4 Å². The Bertz CT molecular complexity index is 231. The van der Waals surface area contributed by atoms with Crippen molar-refractivity contribution in [3.8, 4) is 12.3 Å². The molecule has 2 N–H and O–H groups in total. The van der Waals surface area contributed by atoms with Crippen LogP contribution in [0, 0.1) is 12.3 Å². The van der Waals surface area contributed by atoms with E-state index in [1.807, 2.05) is 0 Å². The predicted octanol–water partition coefficient (Wildman–Crippen LogP) is 0.0422. The van der Waals surface area contributed by atoms with Gasteiger partial charge in [0, 0.05) is 32.9 Å². The minimum absolute atomic E-state index is 0.0226. The van der Waals surface area contributed by atoms with Gasteiger partial charge in [-0.25, -0.2) is 0 Å². The molecule has 0 aromatic carbocycles. The molecule has 0 aliphatic heterocycles. The minimum atomic E-state index is -0.0911. The summed E-state index contributed by atoms with van der Waals surface area (Å²) in [6.07, 6.45) is 6.82. The second-order valence-electron chi connectivity index (χ2n) is 2.89. The zero-order valence-corrected chi connectivity index (χ0v) is 8.43. The van der Waals surface area contributed by atoms with Crippen molar-refractivity contribution in [3.63, 3.8) is 0 Å². The third-order valence-electron chi connectivity index (χ3n) is 1.55. The Morgan fingerprint density at radius 2 is 1.93 bits per heavy atom. The second-order valence-corrected chi connectivity index (χ2v) is 2.89. The average molecular weight is 196 g/mol. The number of carbonyl (C=O) groups is 2. The van der Waals surface area contributed by atoms with Crippen molar-refractivity contribution in [3.05, 3.63) is 0 Å². The van der Waals surface area contributed by atoms with Gasteiger partial charge in [0.2, 0.25) is 11.8 Å². The van der Waals surface area contributed by atoms with Gasteiger partial charge in [0.1, 0.15) is 0 Å². The number of rotatable bonds is 6. The summed E-state index contributed by atoms with van der Waals surface area (Å²) in [6.45, 7) is 2.37. The van der Waals surface area contributed by atoms with Gasteiger partial charge in [0.25, 0.3) is 0 Å². The summed E-state index contributed by atoms with van der Waals surface area (Å²) in [4.78, 5) is 21.5. The third kappa shape index (κ3) is 8.60. The van der Waals surface area contributed by atoms with Gasteiger partial charge in [-0.3, -0.25) is 9.59 Å².